The zero-order valence-corrected chi connectivity index (χ0v) is 12.3. The Hall–Kier alpha value is -1.78. The van der Waals surface area contributed by atoms with E-state index in [-0.39, 0.29) is 6.04 Å². The van der Waals surface area contributed by atoms with Crippen molar-refractivity contribution >= 4 is 0 Å². The van der Waals surface area contributed by atoms with Gasteiger partial charge in [-0.1, -0.05) is 24.3 Å². The minimum atomic E-state index is -0.576. The second-order valence-corrected chi connectivity index (χ2v) is 5.30. The van der Waals surface area contributed by atoms with Gasteiger partial charge in [0.1, 0.15) is 11.6 Å². The van der Waals surface area contributed by atoms with Gasteiger partial charge in [-0.25, -0.2) is 8.78 Å². The highest BCUT2D eigenvalue weighted by molar-refractivity contribution is 5.26. The van der Waals surface area contributed by atoms with Gasteiger partial charge in [0, 0.05) is 25.2 Å². The highest BCUT2D eigenvalue weighted by Crippen LogP contribution is 2.23. The molecule has 0 radical (unpaired) electrons. The second kappa shape index (κ2) is 6.78. The summed E-state index contributed by atoms with van der Waals surface area (Å²) in [6.45, 7) is 3.01. The number of hydrogen-bond donors (Lipinski definition) is 1. The SMILES string of the molecule is Cc1ccccc1CN(C)C(CN)c1cc(F)cc(F)c1. The molecule has 0 spiro atoms. The lowest BCUT2D eigenvalue weighted by molar-refractivity contribution is 0.240. The Kier molecular flexibility index (Phi) is 5.04. The zero-order valence-electron chi connectivity index (χ0n) is 12.3. The van der Waals surface area contributed by atoms with Crippen LogP contribution in [-0.2, 0) is 6.54 Å². The molecule has 0 bridgehead atoms. The number of halogens is 2. The molecule has 0 amide bonds. The Balaban J connectivity index is 2.22. The largest absolute Gasteiger partial charge is 0.329 e. The van der Waals surface area contributed by atoms with Crippen molar-refractivity contribution < 1.29 is 8.78 Å². The van der Waals surface area contributed by atoms with E-state index in [1.165, 1.54) is 23.3 Å². The Labute approximate surface area is 124 Å². The van der Waals surface area contributed by atoms with E-state index in [4.69, 9.17) is 5.73 Å². The molecular weight excluding hydrogens is 270 g/mol. The predicted octanol–water partition coefficient (Wildman–Crippen LogP) is 3.41. The minimum Gasteiger partial charge on any atom is -0.329 e. The molecule has 2 nitrogen and oxygen atoms in total. The van der Waals surface area contributed by atoms with E-state index in [0.717, 1.165) is 6.07 Å². The maximum Gasteiger partial charge on any atom is 0.126 e. The summed E-state index contributed by atoms with van der Waals surface area (Å²) in [5.74, 6) is -1.15. The number of rotatable bonds is 5. The fourth-order valence-corrected chi connectivity index (χ4v) is 2.50. The number of likely N-dealkylation sites (N-methyl/N-ethyl adjacent to an activating group) is 1. The minimum absolute atomic E-state index is 0.227. The Morgan fingerprint density at radius 2 is 1.71 bits per heavy atom. The van der Waals surface area contributed by atoms with Gasteiger partial charge < -0.3 is 5.73 Å². The van der Waals surface area contributed by atoms with Crippen molar-refractivity contribution in [3.05, 3.63) is 70.8 Å². The fraction of sp³-hybridized carbons (Fsp3) is 0.294. The summed E-state index contributed by atoms with van der Waals surface area (Å²) in [5.41, 5.74) is 8.73. The normalized spacial score (nSPS) is 12.7. The smallest absolute Gasteiger partial charge is 0.126 e. The van der Waals surface area contributed by atoms with Gasteiger partial charge in [-0.05, 0) is 42.8 Å². The summed E-state index contributed by atoms with van der Waals surface area (Å²) in [5, 5.41) is 0. The van der Waals surface area contributed by atoms with Crippen LogP contribution in [0.3, 0.4) is 0 Å². The van der Waals surface area contributed by atoms with Crippen molar-refractivity contribution in [3.63, 3.8) is 0 Å². The first-order valence-corrected chi connectivity index (χ1v) is 6.92. The molecule has 0 fully saturated rings. The first-order chi connectivity index (χ1) is 10.0. The molecule has 21 heavy (non-hydrogen) atoms. The van der Waals surface area contributed by atoms with Crippen LogP contribution in [0, 0.1) is 18.6 Å². The lowest BCUT2D eigenvalue weighted by Crippen LogP contribution is -2.30. The number of benzene rings is 2. The molecule has 0 aliphatic rings. The van der Waals surface area contributed by atoms with Crippen LogP contribution in [0.1, 0.15) is 22.7 Å². The van der Waals surface area contributed by atoms with Crippen LogP contribution >= 0.6 is 0 Å². The van der Waals surface area contributed by atoms with Gasteiger partial charge in [-0.3, -0.25) is 4.90 Å². The van der Waals surface area contributed by atoms with Crippen LogP contribution in [0.4, 0.5) is 8.78 Å². The van der Waals surface area contributed by atoms with E-state index >= 15 is 0 Å². The van der Waals surface area contributed by atoms with E-state index in [9.17, 15) is 8.78 Å². The highest BCUT2D eigenvalue weighted by atomic mass is 19.1. The van der Waals surface area contributed by atoms with Crippen LogP contribution < -0.4 is 5.73 Å². The molecule has 1 unspecified atom stereocenters. The molecule has 0 aliphatic carbocycles. The van der Waals surface area contributed by atoms with Gasteiger partial charge in [0.15, 0.2) is 0 Å². The maximum atomic E-state index is 13.4. The van der Waals surface area contributed by atoms with Gasteiger partial charge in [-0.15, -0.1) is 0 Å². The second-order valence-electron chi connectivity index (χ2n) is 5.30. The van der Waals surface area contributed by atoms with E-state index < -0.39 is 11.6 Å². The highest BCUT2D eigenvalue weighted by Gasteiger charge is 2.18. The lowest BCUT2D eigenvalue weighted by atomic mass is 10.0. The van der Waals surface area contributed by atoms with Gasteiger partial charge in [0.2, 0.25) is 0 Å². The third-order valence-electron chi connectivity index (χ3n) is 3.71. The molecule has 4 heteroatoms. The van der Waals surface area contributed by atoms with Crippen LogP contribution in [0.5, 0.6) is 0 Å². The van der Waals surface area contributed by atoms with Gasteiger partial charge in [0.25, 0.3) is 0 Å². The van der Waals surface area contributed by atoms with Crippen molar-refractivity contribution in [2.24, 2.45) is 5.73 Å². The topological polar surface area (TPSA) is 29.3 Å². The summed E-state index contributed by atoms with van der Waals surface area (Å²) >= 11 is 0. The molecule has 0 saturated heterocycles. The van der Waals surface area contributed by atoms with Crippen molar-refractivity contribution in [2.45, 2.75) is 19.5 Å². The van der Waals surface area contributed by atoms with Crippen LogP contribution in [-0.4, -0.2) is 18.5 Å². The zero-order chi connectivity index (χ0) is 15.4. The Bertz CT molecular complexity index is 593. The summed E-state index contributed by atoms with van der Waals surface area (Å²) < 4.78 is 26.8. The predicted molar refractivity (Wildman–Crippen MR) is 80.8 cm³/mol. The summed E-state index contributed by atoms with van der Waals surface area (Å²) in [4.78, 5) is 2.01. The van der Waals surface area contributed by atoms with Gasteiger partial charge in [-0.2, -0.15) is 0 Å². The van der Waals surface area contributed by atoms with Crippen molar-refractivity contribution in [1.29, 1.82) is 0 Å². The molecule has 2 N–H and O–H groups in total. The monoisotopic (exact) mass is 290 g/mol. The lowest BCUT2D eigenvalue weighted by Gasteiger charge is -2.28. The molecule has 2 aromatic rings. The first-order valence-electron chi connectivity index (χ1n) is 6.92. The molecule has 112 valence electrons. The third-order valence-corrected chi connectivity index (χ3v) is 3.71. The standard InChI is InChI=1S/C17H20F2N2/c1-12-5-3-4-6-13(12)11-21(2)17(10-20)14-7-15(18)9-16(19)8-14/h3-9,17H,10-11,20H2,1-2H3. The van der Waals surface area contributed by atoms with E-state index in [2.05, 4.69) is 0 Å². The van der Waals surface area contributed by atoms with Crippen LogP contribution in [0.2, 0.25) is 0 Å². The van der Waals surface area contributed by atoms with E-state index in [0.29, 0.717) is 18.7 Å². The van der Waals surface area contributed by atoms with E-state index in [1.54, 1.807) is 0 Å². The Morgan fingerprint density at radius 3 is 2.29 bits per heavy atom. The Morgan fingerprint density at radius 1 is 1.10 bits per heavy atom. The molecule has 2 rings (SSSR count). The van der Waals surface area contributed by atoms with Crippen molar-refractivity contribution in [1.82, 2.24) is 4.90 Å². The number of nitrogens with two attached hydrogens (primary N) is 1. The van der Waals surface area contributed by atoms with Gasteiger partial charge >= 0.3 is 0 Å². The van der Waals surface area contributed by atoms with Crippen LogP contribution in [0.15, 0.2) is 42.5 Å². The van der Waals surface area contributed by atoms with Crippen molar-refractivity contribution in [2.75, 3.05) is 13.6 Å². The average Bonchev–Trinajstić information content (AvgIpc) is 2.41. The van der Waals surface area contributed by atoms with E-state index in [1.807, 2.05) is 43.1 Å². The van der Waals surface area contributed by atoms with Crippen molar-refractivity contribution in [3.8, 4) is 0 Å². The first kappa shape index (κ1) is 15.6. The summed E-state index contributed by atoms with van der Waals surface area (Å²) in [6.07, 6.45) is 0. The number of hydrogen-bond acceptors (Lipinski definition) is 2. The summed E-state index contributed by atoms with van der Waals surface area (Å²) in [7, 11) is 1.91. The molecular formula is C17H20F2N2. The molecule has 0 heterocycles. The number of aryl methyl sites for hydroxylation is 1. The number of nitrogens with zero attached hydrogens (tertiary/aromatic N) is 1. The molecule has 1 atom stereocenters. The third kappa shape index (κ3) is 3.86. The fourth-order valence-electron chi connectivity index (χ4n) is 2.50. The molecule has 0 aromatic heterocycles. The van der Waals surface area contributed by atoms with Gasteiger partial charge in [0.05, 0.1) is 0 Å². The quantitative estimate of drug-likeness (QED) is 0.914. The maximum absolute atomic E-state index is 13.4. The molecule has 0 saturated carbocycles. The molecule has 0 aliphatic heterocycles. The average molecular weight is 290 g/mol. The van der Waals surface area contributed by atoms with Crippen LogP contribution in [0.25, 0.3) is 0 Å². The summed E-state index contributed by atoms with van der Waals surface area (Å²) in [6, 6.07) is 11.4. The molecule has 2 aromatic carbocycles.